The van der Waals surface area contributed by atoms with Gasteiger partial charge in [0.25, 0.3) is 5.91 Å². The standard InChI is InChI=1S/C25H18FI2N3O4/c26-17-8-4-5-9-20(17)29-22(32)13-31-24(33)21(30-25(31)34)12-16-10-18(27)23(19(28)11-16)35-14-15-6-2-1-3-7-15/h1-12H,13-14H2,(H,29,32)(H,30,34)/b21-12+. The summed E-state index contributed by atoms with van der Waals surface area (Å²) in [7, 11) is 0. The molecular formula is C25H18FI2N3O4. The van der Waals surface area contributed by atoms with Crippen molar-refractivity contribution in [2.24, 2.45) is 0 Å². The van der Waals surface area contributed by atoms with Crippen LogP contribution in [0.2, 0.25) is 0 Å². The Morgan fingerprint density at radius 3 is 2.37 bits per heavy atom. The lowest BCUT2D eigenvalue weighted by molar-refractivity contribution is -0.127. The fraction of sp³-hybridized carbons (Fsp3) is 0.0800. The van der Waals surface area contributed by atoms with E-state index in [1.165, 1.54) is 18.2 Å². The molecule has 1 saturated heterocycles. The van der Waals surface area contributed by atoms with Crippen LogP contribution in [0.4, 0.5) is 14.9 Å². The van der Waals surface area contributed by atoms with Crippen molar-refractivity contribution in [1.29, 1.82) is 0 Å². The van der Waals surface area contributed by atoms with E-state index in [4.69, 9.17) is 4.74 Å². The molecule has 0 aromatic heterocycles. The second-order valence-electron chi connectivity index (χ2n) is 7.50. The Balaban J connectivity index is 1.44. The van der Waals surface area contributed by atoms with E-state index >= 15 is 0 Å². The largest absolute Gasteiger partial charge is 0.487 e. The lowest BCUT2D eigenvalue weighted by Gasteiger charge is -2.12. The van der Waals surface area contributed by atoms with E-state index in [0.29, 0.717) is 12.2 Å². The summed E-state index contributed by atoms with van der Waals surface area (Å²) in [4.78, 5) is 38.1. The number of nitrogens with zero attached hydrogens (tertiary/aromatic N) is 1. The Morgan fingerprint density at radius 1 is 1.03 bits per heavy atom. The number of halogens is 3. The van der Waals surface area contributed by atoms with Gasteiger partial charge in [-0.15, -0.1) is 0 Å². The summed E-state index contributed by atoms with van der Waals surface area (Å²) in [6.07, 6.45) is 1.54. The van der Waals surface area contributed by atoms with Crippen LogP contribution >= 0.6 is 45.2 Å². The van der Waals surface area contributed by atoms with Crippen molar-refractivity contribution >= 4 is 74.8 Å². The molecule has 10 heteroatoms. The lowest BCUT2D eigenvalue weighted by Crippen LogP contribution is -2.38. The summed E-state index contributed by atoms with van der Waals surface area (Å²) < 4.78 is 21.4. The van der Waals surface area contributed by atoms with E-state index in [1.54, 1.807) is 12.1 Å². The average molecular weight is 697 g/mol. The zero-order chi connectivity index (χ0) is 24.9. The van der Waals surface area contributed by atoms with Gasteiger partial charge in [0.15, 0.2) is 0 Å². The van der Waals surface area contributed by atoms with Gasteiger partial charge in [0, 0.05) is 0 Å². The van der Waals surface area contributed by atoms with Crippen LogP contribution in [0, 0.1) is 13.0 Å². The molecule has 0 spiro atoms. The Labute approximate surface area is 228 Å². The molecule has 1 aliphatic rings. The highest BCUT2D eigenvalue weighted by molar-refractivity contribution is 14.1. The van der Waals surface area contributed by atoms with Crippen LogP contribution < -0.4 is 15.4 Å². The maximum atomic E-state index is 13.8. The van der Waals surface area contributed by atoms with Crippen LogP contribution in [0.25, 0.3) is 6.08 Å². The number of rotatable bonds is 7. The summed E-state index contributed by atoms with van der Waals surface area (Å²) in [5.41, 5.74) is 1.74. The van der Waals surface area contributed by atoms with Crippen molar-refractivity contribution in [2.75, 3.05) is 11.9 Å². The molecule has 1 fully saturated rings. The van der Waals surface area contributed by atoms with Crippen molar-refractivity contribution in [3.63, 3.8) is 0 Å². The fourth-order valence-corrected chi connectivity index (χ4v) is 5.44. The average Bonchev–Trinajstić information content (AvgIpc) is 3.08. The minimum absolute atomic E-state index is 0.0287. The van der Waals surface area contributed by atoms with Gasteiger partial charge in [-0.05, 0) is 86.7 Å². The Bertz CT molecular complexity index is 1310. The Kier molecular flexibility index (Phi) is 8.00. The molecule has 0 bridgehead atoms. The van der Waals surface area contributed by atoms with Gasteiger partial charge in [0.2, 0.25) is 5.91 Å². The molecule has 0 aliphatic carbocycles. The molecule has 35 heavy (non-hydrogen) atoms. The smallest absolute Gasteiger partial charge is 0.329 e. The second-order valence-corrected chi connectivity index (χ2v) is 9.82. The second kappa shape index (κ2) is 11.2. The minimum Gasteiger partial charge on any atom is -0.487 e. The molecule has 4 amide bonds. The number of carbonyl (C=O) groups is 3. The summed E-state index contributed by atoms with van der Waals surface area (Å²) in [6.45, 7) is -0.122. The topological polar surface area (TPSA) is 87.7 Å². The van der Waals surface area contributed by atoms with Crippen LogP contribution in [0.5, 0.6) is 5.75 Å². The van der Waals surface area contributed by atoms with Gasteiger partial charge < -0.3 is 15.4 Å². The molecule has 178 valence electrons. The lowest BCUT2D eigenvalue weighted by atomic mass is 10.2. The molecule has 0 radical (unpaired) electrons. The van der Waals surface area contributed by atoms with Gasteiger partial charge in [0.1, 0.15) is 30.4 Å². The van der Waals surface area contributed by atoms with E-state index in [1.807, 2.05) is 42.5 Å². The molecule has 1 heterocycles. The molecule has 0 saturated carbocycles. The normalized spacial score (nSPS) is 14.3. The van der Waals surface area contributed by atoms with Gasteiger partial charge in [-0.25, -0.2) is 14.1 Å². The molecule has 3 aromatic carbocycles. The van der Waals surface area contributed by atoms with E-state index in [-0.39, 0.29) is 11.4 Å². The molecule has 0 atom stereocenters. The summed E-state index contributed by atoms with van der Waals surface area (Å²) in [5.74, 6) is -1.22. The van der Waals surface area contributed by atoms with E-state index in [9.17, 15) is 18.8 Å². The van der Waals surface area contributed by atoms with Crippen LogP contribution in [0.1, 0.15) is 11.1 Å². The predicted molar refractivity (Wildman–Crippen MR) is 146 cm³/mol. The highest BCUT2D eigenvalue weighted by atomic mass is 127. The van der Waals surface area contributed by atoms with Gasteiger partial charge in [-0.3, -0.25) is 9.59 Å². The Morgan fingerprint density at radius 2 is 1.69 bits per heavy atom. The number of hydrogen-bond acceptors (Lipinski definition) is 4. The van der Waals surface area contributed by atoms with E-state index in [2.05, 4.69) is 55.8 Å². The van der Waals surface area contributed by atoms with Crippen molar-refractivity contribution in [3.05, 3.63) is 96.5 Å². The number of benzene rings is 3. The van der Waals surface area contributed by atoms with Gasteiger partial charge in [-0.1, -0.05) is 42.5 Å². The molecule has 0 unspecified atom stereocenters. The van der Waals surface area contributed by atoms with Crippen molar-refractivity contribution < 1.29 is 23.5 Å². The van der Waals surface area contributed by atoms with Crippen LogP contribution in [-0.2, 0) is 16.2 Å². The first-order valence-electron chi connectivity index (χ1n) is 10.4. The number of urea groups is 1. The maximum absolute atomic E-state index is 13.8. The quantitative estimate of drug-likeness (QED) is 0.204. The monoisotopic (exact) mass is 697 g/mol. The molecule has 1 aliphatic heterocycles. The number of imide groups is 1. The predicted octanol–water partition coefficient (Wildman–Crippen LogP) is 5.15. The Hall–Kier alpha value is -3.00. The van der Waals surface area contributed by atoms with Crippen molar-refractivity contribution in [3.8, 4) is 5.75 Å². The number of anilines is 1. The number of carbonyl (C=O) groups excluding carboxylic acids is 3. The fourth-order valence-electron chi connectivity index (χ4n) is 3.31. The maximum Gasteiger partial charge on any atom is 0.329 e. The number of nitrogens with one attached hydrogen (secondary N) is 2. The summed E-state index contributed by atoms with van der Waals surface area (Å²) in [6, 6.07) is 18.4. The first-order valence-corrected chi connectivity index (χ1v) is 12.5. The number of ether oxygens (including phenoxy) is 1. The van der Waals surface area contributed by atoms with Crippen molar-refractivity contribution in [1.82, 2.24) is 10.2 Å². The zero-order valence-corrected chi connectivity index (χ0v) is 22.4. The number of hydrogen-bond donors (Lipinski definition) is 2. The zero-order valence-electron chi connectivity index (χ0n) is 18.1. The minimum atomic E-state index is -0.725. The molecular weight excluding hydrogens is 679 g/mol. The third-order valence-electron chi connectivity index (χ3n) is 4.97. The first-order chi connectivity index (χ1) is 16.8. The first kappa shape index (κ1) is 25.1. The van der Waals surface area contributed by atoms with E-state index < -0.39 is 30.2 Å². The highest BCUT2D eigenvalue weighted by Crippen LogP contribution is 2.31. The SMILES string of the molecule is O=C(CN1C(=O)N/C(=C/c2cc(I)c(OCc3ccccc3)c(I)c2)C1=O)Nc1ccccc1F. The highest BCUT2D eigenvalue weighted by Gasteiger charge is 2.35. The van der Waals surface area contributed by atoms with E-state index in [0.717, 1.165) is 23.4 Å². The van der Waals surface area contributed by atoms with Gasteiger partial charge >= 0.3 is 6.03 Å². The van der Waals surface area contributed by atoms with Crippen LogP contribution in [0.3, 0.4) is 0 Å². The van der Waals surface area contributed by atoms with Crippen LogP contribution in [-0.4, -0.2) is 29.3 Å². The number of amides is 4. The van der Waals surface area contributed by atoms with Gasteiger partial charge in [-0.2, -0.15) is 0 Å². The summed E-state index contributed by atoms with van der Waals surface area (Å²) in [5, 5.41) is 4.86. The molecule has 7 nitrogen and oxygen atoms in total. The molecule has 2 N–H and O–H groups in total. The third kappa shape index (κ3) is 6.17. The van der Waals surface area contributed by atoms with Crippen LogP contribution in [0.15, 0.2) is 72.4 Å². The summed E-state index contributed by atoms with van der Waals surface area (Å²) >= 11 is 4.32. The number of para-hydroxylation sites is 1. The van der Waals surface area contributed by atoms with Crippen molar-refractivity contribution in [2.45, 2.75) is 6.61 Å². The molecule has 4 rings (SSSR count). The third-order valence-corrected chi connectivity index (χ3v) is 6.57. The molecule has 3 aromatic rings. The van der Waals surface area contributed by atoms with Gasteiger partial charge in [0.05, 0.1) is 12.8 Å².